The Bertz CT molecular complexity index is 350. The molecule has 1 aromatic heterocycles. The molecule has 1 saturated carbocycles. The van der Waals surface area contributed by atoms with Crippen molar-refractivity contribution in [2.24, 2.45) is 5.73 Å². The quantitative estimate of drug-likeness (QED) is 0.771. The smallest absolute Gasteiger partial charge is 0.134 e. The number of anilines is 2. The van der Waals surface area contributed by atoms with Crippen LogP contribution in [0.2, 0.25) is 0 Å². The molecule has 1 fully saturated rings. The van der Waals surface area contributed by atoms with Gasteiger partial charge in [-0.15, -0.1) is 0 Å². The van der Waals surface area contributed by atoms with Crippen LogP contribution in [0.25, 0.3) is 0 Å². The fraction of sp³-hybridized carbons (Fsp3) is 0.636. The van der Waals surface area contributed by atoms with E-state index in [1.54, 1.807) is 6.33 Å². The molecule has 16 heavy (non-hydrogen) atoms. The van der Waals surface area contributed by atoms with Gasteiger partial charge in [0.05, 0.1) is 0 Å². The average Bonchev–Trinajstić information content (AvgIpc) is 3.11. The van der Waals surface area contributed by atoms with Crippen LogP contribution in [0.3, 0.4) is 0 Å². The summed E-state index contributed by atoms with van der Waals surface area (Å²) in [4.78, 5) is 10.5. The molecule has 1 aromatic rings. The molecule has 3 N–H and O–H groups in total. The highest BCUT2D eigenvalue weighted by atomic mass is 15.2. The van der Waals surface area contributed by atoms with E-state index in [1.165, 1.54) is 12.8 Å². The molecule has 1 heterocycles. The molecule has 0 saturated heterocycles. The van der Waals surface area contributed by atoms with Gasteiger partial charge in [0.25, 0.3) is 0 Å². The fourth-order valence-corrected chi connectivity index (χ4v) is 1.44. The number of likely N-dealkylation sites (N-methyl/N-ethyl adjacent to an activating group) is 1. The molecule has 1 unspecified atom stereocenters. The second-order valence-corrected chi connectivity index (χ2v) is 4.38. The van der Waals surface area contributed by atoms with Gasteiger partial charge in [-0.2, -0.15) is 0 Å². The van der Waals surface area contributed by atoms with Gasteiger partial charge in [0, 0.05) is 31.7 Å². The lowest BCUT2D eigenvalue weighted by Crippen LogP contribution is -2.35. The Kier molecular flexibility index (Phi) is 3.24. The van der Waals surface area contributed by atoms with Gasteiger partial charge in [-0.05, 0) is 19.8 Å². The van der Waals surface area contributed by atoms with Gasteiger partial charge >= 0.3 is 0 Å². The van der Waals surface area contributed by atoms with Crippen molar-refractivity contribution in [1.29, 1.82) is 0 Å². The molecule has 1 aliphatic rings. The van der Waals surface area contributed by atoms with E-state index in [-0.39, 0.29) is 6.04 Å². The largest absolute Gasteiger partial charge is 0.367 e. The van der Waals surface area contributed by atoms with Gasteiger partial charge in [-0.1, -0.05) is 0 Å². The van der Waals surface area contributed by atoms with Crippen LogP contribution < -0.4 is 16.0 Å². The van der Waals surface area contributed by atoms with Crippen molar-refractivity contribution in [3.63, 3.8) is 0 Å². The molecule has 0 aromatic carbocycles. The summed E-state index contributed by atoms with van der Waals surface area (Å²) in [6, 6.07) is 2.87. The summed E-state index contributed by atoms with van der Waals surface area (Å²) in [6.07, 6.45) is 4.09. The van der Waals surface area contributed by atoms with E-state index in [0.29, 0.717) is 12.6 Å². The Balaban J connectivity index is 2.07. The summed E-state index contributed by atoms with van der Waals surface area (Å²) < 4.78 is 0. The zero-order valence-electron chi connectivity index (χ0n) is 9.85. The maximum Gasteiger partial charge on any atom is 0.134 e. The molecule has 1 atom stereocenters. The van der Waals surface area contributed by atoms with Crippen LogP contribution in [0.4, 0.5) is 11.6 Å². The van der Waals surface area contributed by atoms with Gasteiger partial charge < -0.3 is 16.0 Å². The first-order valence-corrected chi connectivity index (χ1v) is 5.72. The van der Waals surface area contributed by atoms with Crippen molar-refractivity contribution in [2.75, 3.05) is 23.8 Å². The zero-order valence-corrected chi connectivity index (χ0v) is 9.85. The summed E-state index contributed by atoms with van der Waals surface area (Å²) in [5.74, 6) is 1.82. The van der Waals surface area contributed by atoms with Crippen molar-refractivity contribution in [2.45, 2.75) is 31.8 Å². The van der Waals surface area contributed by atoms with Crippen LogP contribution in [-0.2, 0) is 0 Å². The molecule has 0 bridgehead atoms. The second-order valence-electron chi connectivity index (χ2n) is 4.38. The average molecular weight is 221 g/mol. The fourth-order valence-electron chi connectivity index (χ4n) is 1.44. The monoisotopic (exact) mass is 221 g/mol. The van der Waals surface area contributed by atoms with E-state index in [1.807, 2.05) is 13.1 Å². The zero-order chi connectivity index (χ0) is 11.5. The van der Waals surface area contributed by atoms with Crippen molar-refractivity contribution in [3.8, 4) is 0 Å². The van der Waals surface area contributed by atoms with Crippen LogP contribution in [-0.4, -0.2) is 35.6 Å². The molecule has 5 nitrogen and oxygen atoms in total. The lowest BCUT2D eigenvalue weighted by Gasteiger charge is -2.24. The van der Waals surface area contributed by atoms with Gasteiger partial charge in [-0.3, -0.25) is 0 Å². The SMILES string of the molecule is CC(CN)N(C)c1cc(NC2CC2)ncn1. The molecule has 0 radical (unpaired) electrons. The minimum atomic E-state index is 0.281. The van der Waals surface area contributed by atoms with Crippen LogP contribution in [0.5, 0.6) is 0 Å². The van der Waals surface area contributed by atoms with Gasteiger partial charge in [0.1, 0.15) is 18.0 Å². The minimum Gasteiger partial charge on any atom is -0.367 e. The first-order valence-electron chi connectivity index (χ1n) is 5.72. The van der Waals surface area contributed by atoms with Gasteiger partial charge in [-0.25, -0.2) is 9.97 Å². The number of nitrogens with one attached hydrogen (secondary N) is 1. The molecular weight excluding hydrogens is 202 g/mol. The second kappa shape index (κ2) is 4.65. The maximum absolute atomic E-state index is 5.64. The number of hydrogen-bond acceptors (Lipinski definition) is 5. The highest BCUT2D eigenvalue weighted by Crippen LogP contribution is 2.24. The molecule has 2 rings (SSSR count). The Hall–Kier alpha value is -1.36. The molecule has 0 spiro atoms. The van der Waals surface area contributed by atoms with Crippen molar-refractivity contribution in [3.05, 3.63) is 12.4 Å². The van der Waals surface area contributed by atoms with E-state index in [4.69, 9.17) is 5.73 Å². The van der Waals surface area contributed by atoms with E-state index in [2.05, 4.69) is 27.1 Å². The molecule has 5 heteroatoms. The Morgan fingerprint density at radius 2 is 2.31 bits per heavy atom. The summed E-state index contributed by atoms with van der Waals surface area (Å²) >= 11 is 0. The normalized spacial score (nSPS) is 16.9. The Morgan fingerprint density at radius 1 is 1.56 bits per heavy atom. The van der Waals surface area contributed by atoms with E-state index < -0.39 is 0 Å². The summed E-state index contributed by atoms with van der Waals surface area (Å²) in [5, 5.41) is 3.36. The third-order valence-corrected chi connectivity index (χ3v) is 2.95. The topological polar surface area (TPSA) is 67.1 Å². The number of nitrogens with two attached hydrogens (primary N) is 1. The molecular formula is C11H19N5. The van der Waals surface area contributed by atoms with Crippen molar-refractivity contribution < 1.29 is 0 Å². The van der Waals surface area contributed by atoms with Crippen LogP contribution >= 0.6 is 0 Å². The van der Waals surface area contributed by atoms with E-state index >= 15 is 0 Å². The summed E-state index contributed by atoms with van der Waals surface area (Å²) in [7, 11) is 2.00. The third-order valence-electron chi connectivity index (χ3n) is 2.95. The van der Waals surface area contributed by atoms with E-state index in [9.17, 15) is 0 Å². The van der Waals surface area contributed by atoms with E-state index in [0.717, 1.165) is 11.6 Å². The van der Waals surface area contributed by atoms with Crippen LogP contribution in [0.15, 0.2) is 12.4 Å². The highest BCUT2D eigenvalue weighted by Gasteiger charge is 2.21. The number of rotatable bonds is 5. The lowest BCUT2D eigenvalue weighted by atomic mass is 10.3. The van der Waals surface area contributed by atoms with Gasteiger partial charge in [0.2, 0.25) is 0 Å². The lowest BCUT2D eigenvalue weighted by molar-refractivity contribution is 0.686. The van der Waals surface area contributed by atoms with Crippen molar-refractivity contribution >= 4 is 11.6 Å². The highest BCUT2D eigenvalue weighted by molar-refractivity contribution is 5.49. The van der Waals surface area contributed by atoms with Crippen LogP contribution in [0, 0.1) is 0 Å². The minimum absolute atomic E-state index is 0.281. The predicted molar refractivity (Wildman–Crippen MR) is 65.6 cm³/mol. The summed E-state index contributed by atoms with van der Waals surface area (Å²) in [5.41, 5.74) is 5.64. The molecule has 0 amide bonds. The maximum atomic E-state index is 5.64. The first-order chi connectivity index (χ1) is 7.70. The molecule has 88 valence electrons. The first kappa shape index (κ1) is 11.1. The van der Waals surface area contributed by atoms with Crippen molar-refractivity contribution in [1.82, 2.24) is 9.97 Å². The van der Waals surface area contributed by atoms with Gasteiger partial charge in [0.15, 0.2) is 0 Å². The standard InChI is InChI=1S/C11H19N5/c1-8(6-12)16(2)11-5-10(13-7-14-11)15-9-3-4-9/h5,7-9H,3-4,6,12H2,1-2H3,(H,13,14,15). The molecule has 1 aliphatic carbocycles. The summed E-state index contributed by atoms with van der Waals surface area (Å²) in [6.45, 7) is 2.70. The Morgan fingerprint density at radius 3 is 2.94 bits per heavy atom. The molecule has 0 aliphatic heterocycles. The van der Waals surface area contributed by atoms with Crippen LogP contribution in [0.1, 0.15) is 19.8 Å². The number of aromatic nitrogens is 2. The number of nitrogens with zero attached hydrogens (tertiary/aromatic N) is 3. The third kappa shape index (κ3) is 2.61. The Labute approximate surface area is 96.1 Å². The predicted octanol–water partition coefficient (Wildman–Crippen LogP) is 0.834. The number of hydrogen-bond donors (Lipinski definition) is 2.